The number of hydrogen-bond donors (Lipinski definition) is 1. The lowest BCUT2D eigenvalue weighted by Gasteiger charge is -2.27. The van der Waals surface area contributed by atoms with Crippen LogP contribution in [-0.4, -0.2) is 40.0 Å². The molecule has 0 spiro atoms. The highest BCUT2D eigenvalue weighted by molar-refractivity contribution is 7.15. The molecule has 0 amide bonds. The SMILES string of the molecule is C#Cc1cc(COc2cc(-c3cnc(C4CCN(C)CC4)s3)cnc2N)ccn1. The number of anilines is 1. The molecule has 0 aromatic carbocycles. The van der Waals surface area contributed by atoms with E-state index in [0.29, 0.717) is 29.8 Å². The quantitative estimate of drug-likeness (QED) is 0.654. The van der Waals surface area contributed by atoms with Gasteiger partial charge in [-0.15, -0.1) is 17.8 Å². The molecule has 1 fully saturated rings. The average Bonchev–Trinajstić information content (AvgIpc) is 3.24. The number of thiazole rings is 1. The second-order valence-corrected chi connectivity index (χ2v) is 8.29. The van der Waals surface area contributed by atoms with E-state index < -0.39 is 0 Å². The number of likely N-dealkylation sites (tertiary alicyclic amines) is 1. The summed E-state index contributed by atoms with van der Waals surface area (Å²) < 4.78 is 5.91. The van der Waals surface area contributed by atoms with E-state index in [1.807, 2.05) is 24.4 Å². The van der Waals surface area contributed by atoms with Gasteiger partial charge in [-0.25, -0.2) is 15.0 Å². The number of nitrogens with zero attached hydrogens (tertiary/aromatic N) is 4. The first kappa shape index (κ1) is 19.4. The van der Waals surface area contributed by atoms with E-state index in [2.05, 4.69) is 32.8 Å². The molecule has 29 heavy (non-hydrogen) atoms. The smallest absolute Gasteiger partial charge is 0.166 e. The lowest BCUT2D eigenvalue weighted by atomic mass is 9.98. The molecule has 4 heterocycles. The number of aromatic nitrogens is 3. The van der Waals surface area contributed by atoms with Gasteiger partial charge in [0.1, 0.15) is 12.3 Å². The minimum absolute atomic E-state index is 0.343. The minimum atomic E-state index is 0.343. The molecule has 6 nitrogen and oxygen atoms in total. The van der Waals surface area contributed by atoms with Crippen molar-refractivity contribution in [3.05, 3.63) is 53.1 Å². The summed E-state index contributed by atoms with van der Waals surface area (Å²) in [4.78, 5) is 16.5. The second-order valence-electron chi connectivity index (χ2n) is 7.23. The molecular weight excluding hydrogens is 382 g/mol. The summed E-state index contributed by atoms with van der Waals surface area (Å²) in [6, 6.07) is 5.62. The van der Waals surface area contributed by atoms with Gasteiger partial charge in [-0.2, -0.15) is 0 Å². The fourth-order valence-electron chi connectivity index (χ4n) is 3.37. The maximum atomic E-state index is 6.03. The van der Waals surface area contributed by atoms with Crippen LogP contribution in [0.25, 0.3) is 10.4 Å². The van der Waals surface area contributed by atoms with Gasteiger partial charge >= 0.3 is 0 Å². The Hall–Kier alpha value is -2.95. The van der Waals surface area contributed by atoms with Crippen LogP contribution in [0.2, 0.25) is 0 Å². The molecule has 0 unspecified atom stereocenters. The number of rotatable bonds is 5. The molecule has 2 N–H and O–H groups in total. The van der Waals surface area contributed by atoms with E-state index >= 15 is 0 Å². The van der Waals surface area contributed by atoms with E-state index in [4.69, 9.17) is 16.9 Å². The summed E-state index contributed by atoms with van der Waals surface area (Å²) in [5, 5.41) is 1.20. The van der Waals surface area contributed by atoms with Crippen molar-refractivity contribution in [3.8, 4) is 28.5 Å². The van der Waals surface area contributed by atoms with Crippen molar-refractivity contribution in [1.82, 2.24) is 19.9 Å². The Morgan fingerprint density at radius 1 is 1.24 bits per heavy atom. The number of ether oxygens (including phenoxy) is 1. The Morgan fingerprint density at radius 2 is 2.07 bits per heavy atom. The highest BCUT2D eigenvalue weighted by atomic mass is 32.1. The number of nitrogen functional groups attached to an aromatic ring is 1. The summed E-state index contributed by atoms with van der Waals surface area (Å²) in [7, 11) is 2.17. The molecule has 4 rings (SSSR count). The van der Waals surface area contributed by atoms with E-state index in [0.717, 1.165) is 41.9 Å². The Balaban J connectivity index is 1.49. The zero-order valence-electron chi connectivity index (χ0n) is 16.3. The highest BCUT2D eigenvalue weighted by Crippen LogP contribution is 2.36. The van der Waals surface area contributed by atoms with Crippen LogP contribution in [0.5, 0.6) is 5.75 Å². The monoisotopic (exact) mass is 405 g/mol. The van der Waals surface area contributed by atoms with Crippen molar-refractivity contribution < 1.29 is 4.74 Å². The van der Waals surface area contributed by atoms with Crippen LogP contribution in [0.4, 0.5) is 5.82 Å². The molecule has 7 heteroatoms. The Kier molecular flexibility index (Phi) is 5.74. The van der Waals surface area contributed by atoms with Crippen molar-refractivity contribution in [3.63, 3.8) is 0 Å². The van der Waals surface area contributed by atoms with Crippen LogP contribution in [0.3, 0.4) is 0 Å². The minimum Gasteiger partial charge on any atom is -0.485 e. The number of piperidine rings is 1. The predicted octanol–water partition coefficient (Wildman–Crippen LogP) is 3.55. The molecule has 1 aliphatic rings. The Morgan fingerprint density at radius 3 is 2.86 bits per heavy atom. The zero-order valence-corrected chi connectivity index (χ0v) is 17.2. The van der Waals surface area contributed by atoms with Crippen LogP contribution < -0.4 is 10.5 Å². The van der Waals surface area contributed by atoms with Gasteiger partial charge in [0.25, 0.3) is 0 Å². The van der Waals surface area contributed by atoms with Gasteiger partial charge in [-0.1, -0.05) is 5.92 Å². The molecule has 1 aliphatic heterocycles. The maximum absolute atomic E-state index is 6.03. The topological polar surface area (TPSA) is 77.2 Å². The van der Waals surface area contributed by atoms with Crippen molar-refractivity contribution in [2.24, 2.45) is 0 Å². The first-order valence-electron chi connectivity index (χ1n) is 9.57. The lowest BCUT2D eigenvalue weighted by molar-refractivity contribution is 0.255. The first-order chi connectivity index (χ1) is 14.1. The number of pyridine rings is 2. The molecule has 0 aliphatic carbocycles. The number of hydrogen-bond acceptors (Lipinski definition) is 7. The van der Waals surface area contributed by atoms with Crippen LogP contribution in [0, 0.1) is 12.3 Å². The van der Waals surface area contributed by atoms with E-state index in [1.54, 1.807) is 23.7 Å². The third-order valence-electron chi connectivity index (χ3n) is 5.12. The van der Waals surface area contributed by atoms with Gasteiger partial charge in [0.2, 0.25) is 0 Å². The van der Waals surface area contributed by atoms with Gasteiger partial charge in [0.05, 0.1) is 9.88 Å². The van der Waals surface area contributed by atoms with Crippen LogP contribution >= 0.6 is 11.3 Å². The molecular formula is C22H23N5OS. The summed E-state index contributed by atoms with van der Waals surface area (Å²) >= 11 is 1.73. The van der Waals surface area contributed by atoms with E-state index in [9.17, 15) is 0 Å². The fourth-order valence-corrected chi connectivity index (χ4v) is 4.44. The molecule has 3 aromatic heterocycles. The largest absolute Gasteiger partial charge is 0.485 e. The molecule has 0 radical (unpaired) electrons. The fraction of sp³-hybridized carbons (Fsp3) is 0.318. The molecule has 0 saturated carbocycles. The third kappa shape index (κ3) is 4.56. The molecule has 0 atom stereocenters. The average molecular weight is 406 g/mol. The number of terminal acetylenes is 1. The van der Waals surface area contributed by atoms with Crippen LogP contribution in [0.1, 0.15) is 35.0 Å². The van der Waals surface area contributed by atoms with E-state index in [1.165, 1.54) is 5.01 Å². The summed E-state index contributed by atoms with van der Waals surface area (Å²) in [6.45, 7) is 2.59. The molecule has 148 valence electrons. The molecule has 3 aromatic rings. The third-order valence-corrected chi connectivity index (χ3v) is 6.33. The standard InChI is InChI=1S/C22H23N5OS/c1-3-18-10-15(4-7-24-18)14-28-19-11-17(12-25-21(19)23)20-13-26-22(29-20)16-5-8-27(2)9-6-16/h1,4,7,10-13,16H,5-6,8-9,14H2,2H3,(H2,23,25). The van der Waals surface area contributed by atoms with E-state index in [-0.39, 0.29) is 0 Å². The van der Waals surface area contributed by atoms with Gasteiger partial charge in [-0.3, -0.25) is 0 Å². The predicted molar refractivity (Wildman–Crippen MR) is 116 cm³/mol. The molecule has 1 saturated heterocycles. The Labute approximate surface area is 174 Å². The van der Waals surface area contributed by atoms with Crippen molar-refractivity contribution in [2.45, 2.75) is 25.4 Å². The summed E-state index contributed by atoms with van der Waals surface area (Å²) in [5.41, 5.74) is 8.50. The van der Waals surface area contributed by atoms with Gasteiger partial charge in [-0.05, 0) is 56.7 Å². The van der Waals surface area contributed by atoms with Crippen molar-refractivity contribution in [1.29, 1.82) is 0 Å². The summed E-state index contributed by atoms with van der Waals surface area (Å²) in [6.07, 6.45) is 13.1. The summed E-state index contributed by atoms with van der Waals surface area (Å²) in [5.74, 6) is 3.98. The van der Waals surface area contributed by atoms with Crippen molar-refractivity contribution >= 4 is 17.2 Å². The normalized spacial score (nSPS) is 15.2. The maximum Gasteiger partial charge on any atom is 0.166 e. The molecule has 0 bridgehead atoms. The van der Waals surface area contributed by atoms with Gasteiger partial charge < -0.3 is 15.4 Å². The Bertz CT molecular complexity index is 1030. The van der Waals surface area contributed by atoms with Crippen molar-refractivity contribution in [2.75, 3.05) is 25.9 Å². The second kappa shape index (κ2) is 8.60. The van der Waals surface area contributed by atoms with Gasteiger partial charge in [0, 0.05) is 30.1 Å². The highest BCUT2D eigenvalue weighted by Gasteiger charge is 2.21. The number of nitrogens with two attached hydrogens (primary N) is 1. The van der Waals surface area contributed by atoms with Crippen LogP contribution in [-0.2, 0) is 6.61 Å². The van der Waals surface area contributed by atoms with Gasteiger partial charge in [0.15, 0.2) is 11.6 Å². The first-order valence-corrected chi connectivity index (χ1v) is 10.4. The lowest BCUT2D eigenvalue weighted by Crippen LogP contribution is -2.29. The van der Waals surface area contributed by atoms with Crippen LogP contribution in [0.15, 0.2) is 36.8 Å². The zero-order chi connectivity index (χ0) is 20.2.